The standard InChI is InChI=1S/C41H49F2N7O4/c1-29(2)36(40(3,4)5)23-48-20-21-50(39(48)51)33-9-7-31(8-10-33)46-16-18-47(19-17-46)32-11-13-34(14-12-32)52-24-38-53-26-41(54-38,25-49-28-44-27-45-49)35-15-6-30(42)22-37(35)43/h6-15,20-22,27-29,36,38H,16-19,23-26H2,1-5H3/t36?,38-,41?/m0/s1. The van der Waals surface area contributed by atoms with Crippen LogP contribution in [0.4, 0.5) is 20.2 Å². The van der Waals surface area contributed by atoms with Crippen molar-refractivity contribution in [1.82, 2.24) is 23.9 Å². The number of benzene rings is 3. The Balaban J connectivity index is 0.915. The van der Waals surface area contributed by atoms with Crippen molar-refractivity contribution in [2.75, 3.05) is 49.2 Å². The fraction of sp³-hybridized carbons (Fsp3) is 0.439. The van der Waals surface area contributed by atoms with Gasteiger partial charge >= 0.3 is 5.69 Å². The van der Waals surface area contributed by atoms with Gasteiger partial charge in [0.05, 0.1) is 18.8 Å². The van der Waals surface area contributed by atoms with Crippen LogP contribution in [0.1, 0.15) is 40.2 Å². The molecule has 2 aliphatic rings. The molecular weight excluding hydrogens is 692 g/mol. The summed E-state index contributed by atoms with van der Waals surface area (Å²) in [5.74, 6) is 0.110. The van der Waals surface area contributed by atoms with Crippen LogP contribution in [0.5, 0.6) is 5.75 Å². The molecule has 2 aromatic heterocycles. The smallest absolute Gasteiger partial charge is 0.332 e. The Kier molecular flexibility index (Phi) is 10.6. The summed E-state index contributed by atoms with van der Waals surface area (Å²) in [6.07, 6.45) is 5.89. The van der Waals surface area contributed by atoms with Gasteiger partial charge in [-0.05, 0) is 71.8 Å². The Morgan fingerprint density at radius 2 is 1.56 bits per heavy atom. The monoisotopic (exact) mass is 741 g/mol. The molecule has 5 aromatic rings. The highest BCUT2D eigenvalue weighted by atomic mass is 19.1. The quantitative estimate of drug-likeness (QED) is 0.143. The number of imidazole rings is 1. The van der Waals surface area contributed by atoms with Crippen LogP contribution in [-0.2, 0) is 28.2 Å². The zero-order valence-electron chi connectivity index (χ0n) is 31.6. The van der Waals surface area contributed by atoms with E-state index >= 15 is 0 Å². The maximum atomic E-state index is 14.9. The molecule has 0 spiro atoms. The summed E-state index contributed by atoms with van der Waals surface area (Å²) in [6.45, 7) is 15.5. The van der Waals surface area contributed by atoms with E-state index < -0.39 is 23.5 Å². The lowest BCUT2D eigenvalue weighted by molar-refractivity contribution is -0.117. The van der Waals surface area contributed by atoms with Gasteiger partial charge in [0.2, 0.25) is 0 Å². The average Bonchev–Trinajstić information content (AvgIpc) is 3.90. The lowest BCUT2D eigenvalue weighted by Gasteiger charge is -2.37. The summed E-state index contributed by atoms with van der Waals surface area (Å²) < 4.78 is 51.9. The Morgan fingerprint density at radius 3 is 2.15 bits per heavy atom. The van der Waals surface area contributed by atoms with Gasteiger partial charge in [0.25, 0.3) is 0 Å². The fourth-order valence-electron chi connectivity index (χ4n) is 7.78. The van der Waals surface area contributed by atoms with E-state index in [1.165, 1.54) is 29.5 Å². The van der Waals surface area contributed by atoms with Crippen molar-refractivity contribution in [1.29, 1.82) is 0 Å². The number of nitrogens with zero attached hydrogens (tertiary/aromatic N) is 7. The molecule has 4 heterocycles. The number of halogens is 2. The van der Waals surface area contributed by atoms with Crippen LogP contribution >= 0.6 is 0 Å². The first-order valence-electron chi connectivity index (χ1n) is 18.6. The van der Waals surface area contributed by atoms with Crippen molar-refractivity contribution in [3.05, 3.63) is 119 Å². The molecule has 0 N–H and O–H groups in total. The number of anilines is 2. The van der Waals surface area contributed by atoms with Gasteiger partial charge in [0.15, 0.2) is 6.29 Å². The summed E-state index contributed by atoms with van der Waals surface area (Å²) >= 11 is 0. The molecule has 3 aromatic carbocycles. The Hall–Kier alpha value is -5.01. The van der Waals surface area contributed by atoms with Crippen molar-refractivity contribution in [2.24, 2.45) is 17.3 Å². The van der Waals surface area contributed by atoms with E-state index in [1.54, 1.807) is 4.57 Å². The van der Waals surface area contributed by atoms with Gasteiger partial charge < -0.3 is 24.0 Å². The summed E-state index contributed by atoms with van der Waals surface area (Å²) in [7, 11) is 0. The summed E-state index contributed by atoms with van der Waals surface area (Å²) in [4.78, 5) is 22.0. The Bertz CT molecular complexity index is 2050. The first-order chi connectivity index (χ1) is 25.9. The minimum atomic E-state index is -1.23. The van der Waals surface area contributed by atoms with E-state index in [9.17, 15) is 13.6 Å². The van der Waals surface area contributed by atoms with Crippen LogP contribution in [-0.4, -0.2) is 69.6 Å². The van der Waals surface area contributed by atoms with Gasteiger partial charge in [-0.25, -0.2) is 23.2 Å². The Morgan fingerprint density at radius 1 is 0.907 bits per heavy atom. The molecule has 0 amide bonds. The van der Waals surface area contributed by atoms with Crippen LogP contribution in [0.25, 0.3) is 5.69 Å². The maximum absolute atomic E-state index is 14.9. The highest BCUT2D eigenvalue weighted by molar-refractivity contribution is 5.54. The molecule has 11 nitrogen and oxygen atoms in total. The molecule has 2 unspecified atom stereocenters. The first-order valence-corrected chi connectivity index (χ1v) is 18.6. The molecule has 7 rings (SSSR count). The maximum Gasteiger partial charge on any atom is 0.332 e. The van der Waals surface area contributed by atoms with E-state index in [1.807, 2.05) is 53.4 Å². The molecule has 2 fully saturated rings. The number of ether oxygens (including phenoxy) is 3. The van der Waals surface area contributed by atoms with Gasteiger partial charge in [-0.3, -0.25) is 9.13 Å². The third kappa shape index (κ3) is 8.07. The predicted octanol–water partition coefficient (Wildman–Crippen LogP) is 6.50. The Labute approximate surface area is 314 Å². The summed E-state index contributed by atoms with van der Waals surface area (Å²) in [5.41, 5.74) is 2.13. The number of aromatic nitrogens is 5. The molecule has 0 bridgehead atoms. The molecule has 13 heteroatoms. The molecule has 54 heavy (non-hydrogen) atoms. The summed E-state index contributed by atoms with van der Waals surface area (Å²) in [6, 6.07) is 19.6. The van der Waals surface area contributed by atoms with Crippen LogP contribution < -0.4 is 20.2 Å². The molecular formula is C41H49F2N7O4. The molecule has 0 aliphatic carbocycles. The van der Waals surface area contributed by atoms with Crippen molar-refractivity contribution >= 4 is 11.4 Å². The minimum absolute atomic E-state index is 0.0113. The number of hydrogen-bond acceptors (Lipinski definition) is 8. The zero-order chi connectivity index (χ0) is 38.0. The second-order valence-corrected chi connectivity index (χ2v) is 15.7. The van der Waals surface area contributed by atoms with E-state index in [0.29, 0.717) is 24.1 Å². The first kappa shape index (κ1) is 37.3. The van der Waals surface area contributed by atoms with Crippen molar-refractivity contribution in [2.45, 2.75) is 59.6 Å². The van der Waals surface area contributed by atoms with Crippen molar-refractivity contribution < 1.29 is 23.0 Å². The van der Waals surface area contributed by atoms with Crippen molar-refractivity contribution in [3.8, 4) is 11.4 Å². The minimum Gasteiger partial charge on any atom is -0.488 e. The van der Waals surface area contributed by atoms with E-state index in [2.05, 4.69) is 66.6 Å². The average molecular weight is 742 g/mol. The van der Waals surface area contributed by atoms with Gasteiger partial charge in [-0.2, -0.15) is 5.10 Å². The molecule has 3 atom stereocenters. The van der Waals surface area contributed by atoms with Crippen LogP contribution in [0.2, 0.25) is 0 Å². The highest BCUT2D eigenvalue weighted by Crippen LogP contribution is 2.38. The van der Waals surface area contributed by atoms with E-state index in [4.69, 9.17) is 14.2 Å². The predicted molar refractivity (Wildman–Crippen MR) is 203 cm³/mol. The number of piperazine rings is 1. The van der Waals surface area contributed by atoms with Crippen LogP contribution in [0.15, 0.2) is 96.6 Å². The largest absolute Gasteiger partial charge is 0.488 e. The molecule has 2 aliphatic heterocycles. The SMILES string of the molecule is CC(C)C(Cn1ccn(-c2ccc(N3CCN(c4ccc(OC[C@H]5OCC(Cn6cncn6)(c6ccc(F)cc6F)O5)cc4)CC3)cc2)c1=O)C(C)(C)C. The number of rotatable bonds is 12. The third-order valence-electron chi connectivity index (χ3n) is 10.7. The highest BCUT2D eigenvalue weighted by Gasteiger charge is 2.46. The summed E-state index contributed by atoms with van der Waals surface area (Å²) in [5, 5.41) is 4.14. The van der Waals surface area contributed by atoms with E-state index in [-0.39, 0.29) is 36.4 Å². The van der Waals surface area contributed by atoms with Crippen LogP contribution in [0, 0.1) is 28.9 Å². The second-order valence-electron chi connectivity index (χ2n) is 15.7. The molecule has 0 radical (unpaired) electrons. The van der Waals surface area contributed by atoms with Gasteiger partial charge in [-0.15, -0.1) is 0 Å². The number of hydrogen-bond donors (Lipinski definition) is 0. The molecule has 0 saturated carbocycles. The zero-order valence-corrected chi connectivity index (χ0v) is 31.6. The van der Waals surface area contributed by atoms with Gasteiger partial charge in [-0.1, -0.05) is 40.7 Å². The third-order valence-corrected chi connectivity index (χ3v) is 10.7. The second kappa shape index (κ2) is 15.4. The van der Waals surface area contributed by atoms with E-state index in [0.717, 1.165) is 49.3 Å². The van der Waals surface area contributed by atoms with Gasteiger partial charge in [0.1, 0.15) is 42.2 Å². The fourth-order valence-corrected chi connectivity index (χ4v) is 7.78. The topological polar surface area (TPSA) is 91.8 Å². The molecule has 286 valence electrons. The van der Waals surface area contributed by atoms with Crippen molar-refractivity contribution in [3.63, 3.8) is 0 Å². The molecule has 2 saturated heterocycles. The normalized spacial score (nSPS) is 19.8. The van der Waals surface area contributed by atoms with Crippen LogP contribution in [0.3, 0.4) is 0 Å². The lowest BCUT2D eigenvalue weighted by Crippen LogP contribution is -2.46. The lowest BCUT2D eigenvalue weighted by atomic mass is 9.74. The van der Waals surface area contributed by atoms with Gasteiger partial charge in [0, 0.05) is 68.1 Å².